The molecule has 0 aliphatic carbocycles. The van der Waals surface area contributed by atoms with Crippen LogP contribution in [0.3, 0.4) is 0 Å². The second-order valence-electron chi connectivity index (χ2n) is 6.96. The number of carbonyl (C=O) groups excluding carboxylic acids is 1. The molecule has 0 spiro atoms. The second kappa shape index (κ2) is 11.2. The number of ether oxygens (including phenoxy) is 1. The van der Waals surface area contributed by atoms with E-state index >= 15 is 0 Å². The van der Waals surface area contributed by atoms with Crippen LogP contribution in [-0.2, 0) is 16.0 Å². The molecule has 0 radical (unpaired) electrons. The van der Waals surface area contributed by atoms with Crippen LogP contribution in [0.1, 0.15) is 49.9 Å². The monoisotopic (exact) mass is 409 g/mol. The number of hydrogen-bond acceptors (Lipinski definition) is 5. The minimum absolute atomic E-state index is 0.00466. The summed E-state index contributed by atoms with van der Waals surface area (Å²) in [7, 11) is 0. The van der Waals surface area contributed by atoms with E-state index in [4.69, 9.17) is 26.7 Å². The third-order valence-electron chi connectivity index (χ3n) is 4.53. The van der Waals surface area contributed by atoms with Gasteiger partial charge in [-0.25, -0.2) is 5.48 Å². The minimum atomic E-state index is -0.522. The summed E-state index contributed by atoms with van der Waals surface area (Å²) in [4.78, 5) is 11.9. The van der Waals surface area contributed by atoms with Gasteiger partial charge in [0.1, 0.15) is 0 Å². The minimum Gasteiger partial charge on any atom is -0.396 e. The molecule has 1 aromatic carbocycles. The number of aliphatic hydroxyl groups excluding tert-OH is 1. The van der Waals surface area contributed by atoms with E-state index in [2.05, 4.69) is 5.10 Å². The SMILES string of the molecule is CC(C)n1nccc1C(Cc1ccc(Cl)cc1)C(CC(=O)NO)OCCCO. The molecule has 2 atom stereocenters. The van der Waals surface area contributed by atoms with Gasteiger partial charge in [0.25, 0.3) is 0 Å². The number of nitrogens with one attached hydrogen (secondary N) is 1. The third kappa shape index (κ3) is 6.31. The highest BCUT2D eigenvalue weighted by Gasteiger charge is 2.30. The Bertz CT molecular complexity index is 733. The number of amides is 1. The molecule has 154 valence electrons. The smallest absolute Gasteiger partial charge is 0.245 e. The molecule has 1 heterocycles. The number of hydrogen-bond donors (Lipinski definition) is 3. The lowest BCUT2D eigenvalue weighted by atomic mass is 9.88. The van der Waals surface area contributed by atoms with E-state index in [-0.39, 0.29) is 25.0 Å². The first-order valence-corrected chi connectivity index (χ1v) is 9.77. The van der Waals surface area contributed by atoms with E-state index in [1.54, 1.807) is 11.7 Å². The zero-order valence-corrected chi connectivity index (χ0v) is 17.0. The summed E-state index contributed by atoms with van der Waals surface area (Å²) >= 11 is 6.01. The van der Waals surface area contributed by atoms with E-state index in [0.717, 1.165) is 11.3 Å². The van der Waals surface area contributed by atoms with Crippen LogP contribution < -0.4 is 5.48 Å². The first-order valence-electron chi connectivity index (χ1n) is 9.39. The third-order valence-corrected chi connectivity index (χ3v) is 4.79. The standard InChI is InChI=1S/C20H28ClN3O4/c1-14(2)24-18(8-9-22-24)17(12-15-4-6-16(21)7-5-15)19(13-20(26)23-27)28-11-3-10-25/h4-9,14,17,19,25,27H,3,10-13H2,1-2H3,(H,23,26). The number of rotatable bonds is 11. The van der Waals surface area contributed by atoms with Crippen molar-refractivity contribution in [1.29, 1.82) is 0 Å². The van der Waals surface area contributed by atoms with Crippen LogP contribution in [0.25, 0.3) is 0 Å². The highest BCUT2D eigenvalue weighted by Crippen LogP contribution is 2.30. The highest BCUT2D eigenvalue weighted by atomic mass is 35.5. The van der Waals surface area contributed by atoms with E-state index in [0.29, 0.717) is 24.5 Å². The summed E-state index contributed by atoms with van der Waals surface area (Å²) in [6, 6.07) is 9.62. The van der Waals surface area contributed by atoms with Crippen LogP contribution >= 0.6 is 11.6 Å². The van der Waals surface area contributed by atoms with E-state index in [1.807, 2.05) is 48.9 Å². The molecule has 0 saturated heterocycles. The second-order valence-corrected chi connectivity index (χ2v) is 7.39. The first kappa shape index (κ1) is 22.4. The number of aliphatic hydroxyl groups is 1. The highest BCUT2D eigenvalue weighted by molar-refractivity contribution is 6.30. The molecule has 0 bridgehead atoms. The lowest BCUT2D eigenvalue weighted by Gasteiger charge is -2.28. The van der Waals surface area contributed by atoms with Gasteiger partial charge in [0, 0.05) is 42.1 Å². The molecule has 3 N–H and O–H groups in total. The summed E-state index contributed by atoms with van der Waals surface area (Å²) in [5.74, 6) is -0.701. The molecule has 1 aromatic heterocycles. The van der Waals surface area contributed by atoms with Gasteiger partial charge >= 0.3 is 0 Å². The fourth-order valence-electron chi connectivity index (χ4n) is 3.20. The van der Waals surface area contributed by atoms with E-state index in [9.17, 15) is 4.79 Å². The summed E-state index contributed by atoms with van der Waals surface area (Å²) in [5, 5.41) is 23.2. The van der Waals surface area contributed by atoms with Crippen molar-refractivity contribution in [2.24, 2.45) is 0 Å². The largest absolute Gasteiger partial charge is 0.396 e. The zero-order chi connectivity index (χ0) is 20.5. The van der Waals surface area contributed by atoms with Gasteiger partial charge in [-0.2, -0.15) is 5.10 Å². The Labute approximate surface area is 170 Å². The molecular weight excluding hydrogens is 382 g/mol. The van der Waals surface area contributed by atoms with Gasteiger partial charge in [-0.15, -0.1) is 0 Å². The summed E-state index contributed by atoms with van der Waals surface area (Å²) in [5.41, 5.74) is 3.68. The average Bonchev–Trinajstić information content (AvgIpc) is 3.16. The molecule has 2 aromatic rings. The van der Waals surface area contributed by atoms with Gasteiger partial charge in [0.2, 0.25) is 5.91 Å². The molecule has 0 saturated carbocycles. The molecule has 0 aliphatic rings. The summed E-state index contributed by atoms with van der Waals surface area (Å²) < 4.78 is 7.89. The number of aromatic nitrogens is 2. The lowest BCUT2D eigenvalue weighted by molar-refractivity contribution is -0.132. The van der Waals surface area contributed by atoms with Gasteiger partial charge in [-0.05, 0) is 50.5 Å². The predicted molar refractivity (Wildman–Crippen MR) is 106 cm³/mol. The number of hydroxylamine groups is 1. The van der Waals surface area contributed by atoms with Crippen molar-refractivity contribution >= 4 is 17.5 Å². The molecule has 0 aliphatic heterocycles. The van der Waals surface area contributed by atoms with Crippen LogP contribution in [0.15, 0.2) is 36.5 Å². The van der Waals surface area contributed by atoms with Crippen molar-refractivity contribution in [3.05, 3.63) is 52.8 Å². The Morgan fingerprint density at radius 2 is 2.00 bits per heavy atom. The van der Waals surface area contributed by atoms with Crippen LogP contribution in [0, 0.1) is 0 Å². The Hall–Kier alpha value is -1.93. The predicted octanol–water partition coefficient (Wildman–Crippen LogP) is 3.11. The van der Waals surface area contributed by atoms with Crippen molar-refractivity contribution in [3.63, 3.8) is 0 Å². The molecule has 0 fully saturated rings. The number of benzene rings is 1. The molecule has 7 nitrogen and oxygen atoms in total. The maximum atomic E-state index is 11.9. The van der Waals surface area contributed by atoms with Crippen molar-refractivity contribution < 1.29 is 19.8 Å². The zero-order valence-electron chi connectivity index (χ0n) is 16.2. The molecule has 28 heavy (non-hydrogen) atoms. The Morgan fingerprint density at radius 1 is 1.29 bits per heavy atom. The Balaban J connectivity index is 2.37. The Kier molecular flexibility index (Phi) is 8.92. The van der Waals surface area contributed by atoms with Crippen LogP contribution in [0.4, 0.5) is 0 Å². The van der Waals surface area contributed by atoms with Crippen LogP contribution in [0.2, 0.25) is 5.02 Å². The number of nitrogens with zero attached hydrogens (tertiary/aromatic N) is 2. The summed E-state index contributed by atoms with van der Waals surface area (Å²) in [6.45, 7) is 4.40. The summed E-state index contributed by atoms with van der Waals surface area (Å²) in [6.07, 6.45) is 2.31. The Morgan fingerprint density at radius 3 is 2.61 bits per heavy atom. The van der Waals surface area contributed by atoms with Crippen LogP contribution in [0.5, 0.6) is 0 Å². The molecule has 2 unspecified atom stereocenters. The van der Waals surface area contributed by atoms with E-state index < -0.39 is 12.0 Å². The topological polar surface area (TPSA) is 96.6 Å². The van der Waals surface area contributed by atoms with Crippen molar-refractivity contribution in [1.82, 2.24) is 15.3 Å². The normalized spacial score (nSPS) is 13.5. The molecule has 8 heteroatoms. The van der Waals surface area contributed by atoms with Crippen molar-refractivity contribution in [2.75, 3.05) is 13.2 Å². The first-order chi connectivity index (χ1) is 13.5. The molecule has 1 amide bonds. The average molecular weight is 410 g/mol. The number of carbonyl (C=O) groups is 1. The van der Waals surface area contributed by atoms with Crippen molar-refractivity contribution in [3.8, 4) is 0 Å². The van der Waals surface area contributed by atoms with E-state index in [1.165, 1.54) is 0 Å². The fourth-order valence-corrected chi connectivity index (χ4v) is 3.32. The van der Waals surface area contributed by atoms with Crippen LogP contribution in [-0.4, -0.2) is 45.3 Å². The lowest BCUT2D eigenvalue weighted by Crippen LogP contribution is -2.33. The van der Waals surface area contributed by atoms with Gasteiger partial charge in [0.15, 0.2) is 0 Å². The maximum absolute atomic E-state index is 11.9. The molecule has 2 rings (SSSR count). The van der Waals surface area contributed by atoms with Gasteiger partial charge < -0.3 is 9.84 Å². The van der Waals surface area contributed by atoms with Crippen molar-refractivity contribution in [2.45, 2.75) is 51.2 Å². The number of halogens is 1. The molecular formula is C20H28ClN3O4. The van der Waals surface area contributed by atoms with Gasteiger partial charge in [0.05, 0.1) is 12.5 Å². The fraction of sp³-hybridized carbons (Fsp3) is 0.500. The quantitative estimate of drug-likeness (QED) is 0.301. The maximum Gasteiger partial charge on any atom is 0.245 e. The van der Waals surface area contributed by atoms with Gasteiger partial charge in [-0.3, -0.25) is 14.7 Å². The van der Waals surface area contributed by atoms with Gasteiger partial charge in [-0.1, -0.05) is 23.7 Å².